The van der Waals surface area contributed by atoms with Crippen molar-refractivity contribution >= 4 is 5.97 Å². The van der Waals surface area contributed by atoms with Crippen LogP contribution in [0.2, 0.25) is 0 Å². The summed E-state index contributed by atoms with van der Waals surface area (Å²) in [5.41, 5.74) is 2.57. The molecule has 0 amide bonds. The fourth-order valence-electron chi connectivity index (χ4n) is 4.92. The first-order valence-electron chi connectivity index (χ1n) is 12.1. The molecule has 0 unspecified atom stereocenters. The Hall–Kier alpha value is -1.98. The molecule has 5 heteroatoms. The number of alkyl halides is 1. The zero-order chi connectivity index (χ0) is 22.9. The van der Waals surface area contributed by atoms with Gasteiger partial charge in [-0.15, -0.1) is 0 Å². The van der Waals surface area contributed by atoms with Crippen LogP contribution < -0.4 is 0 Å². The third-order valence-electron chi connectivity index (χ3n) is 6.76. The first kappa shape index (κ1) is 24.7. The lowest BCUT2D eigenvalue weighted by molar-refractivity contribution is -0.143. The molecule has 0 spiro atoms. The number of hydrogen-bond acceptors (Lipinski definition) is 4. The van der Waals surface area contributed by atoms with Crippen molar-refractivity contribution in [1.29, 1.82) is 0 Å². The van der Waals surface area contributed by atoms with Crippen LogP contribution in [0.5, 0.6) is 0 Å². The second-order valence-electron chi connectivity index (χ2n) is 9.19. The monoisotopic (exact) mass is 444 g/mol. The molecular formula is C27H37FO4. The van der Waals surface area contributed by atoms with Gasteiger partial charge in [-0.3, -0.25) is 4.79 Å². The quantitative estimate of drug-likeness (QED) is 0.294. The van der Waals surface area contributed by atoms with Gasteiger partial charge in [0.15, 0.2) is 0 Å². The molecule has 0 aromatic heterocycles. The summed E-state index contributed by atoms with van der Waals surface area (Å²) in [6, 6.07) is 8.25. The Kier molecular flexibility index (Phi) is 9.49. The fraction of sp³-hybridized carbons (Fsp3) is 0.593. The average Bonchev–Trinajstić information content (AvgIpc) is 3.33. The van der Waals surface area contributed by atoms with E-state index < -0.39 is 24.3 Å². The molecule has 4 nitrogen and oxygen atoms in total. The highest BCUT2D eigenvalue weighted by Crippen LogP contribution is 2.38. The Morgan fingerprint density at radius 2 is 1.97 bits per heavy atom. The van der Waals surface area contributed by atoms with E-state index in [1.807, 2.05) is 31.2 Å². The van der Waals surface area contributed by atoms with Gasteiger partial charge in [-0.1, -0.05) is 55.5 Å². The van der Waals surface area contributed by atoms with E-state index in [2.05, 4.69) is 12.1 Å². The highest BCUT2D eigenvalue weighted by molar-refractivity contribution is 5.69. The summed E-state index contributed by atoms with van der Waals surface area (Å²) in [6.07, 6.45) is 10.2. The standard InChI is InChI=1S/C27H37FO4/c1-2-15-32-27(31)12-6-4-3-5-11-23-22(24(28)18-26(23)30)13-14-25(29)21-16-19-9-7-8-10-20(19)17-21/h3,5,7-10,13-14,21-26,29-30H,2,4,6,11-12,15-18H2,1H3/t22-,23-,24+,25+,26+/m1/s1. The van der Waals surface area contributed by atoms with Crippen LogP contribution in [0.1, 0.15) is 56.6 Å². The Morgan fingerprint density at radius 3 is 2.66 bits per heavy atom. The summed E-state index contributed by atoms with van der Waals surface area (Å²) >= 11 is 0. The maximum absolute atomic E-state index is 14.6. The smallest absolute Gasteiger partial charge is 0.305 e. The van der Waals surface area contributed by atoms with E-state index in [4.69, 9.17) is 4.74 Å². The molecule has 1 aromatic carbocycles. The van der Waals surface area contributed by atoms with Gasteiger partial charge in [-0.25, -0.2) is 4.39 Å². The second-order valence-corrected chi connectivity index (χ2v) is 9.19. The van der Waals surface area contributed by atoms with Crippen molar-refractivity contribution in [1.82, 2.24) is 0 Å². The molecule has 32 heavy (non-hydrogen) atoms. The van der Waals surface area contributed by atoms with E-state index >= 15 is 0 Å². The molecule has 0 saturated heterocycles. The molecule has 0 aliphatic heterocycles. The van der Waals surface area contributed by atoms with Crippen LogP contribution in [0.15, 0.2) is 48.6 Å². The summed E-state index contributed by atoms with van der Waals surface area (Å²) in [5, 5.41) is 21.0. The number of fused-ring (bicyclic) bond motifs is 1. The predicted molar refractivity (Wildman–Crippen MR) is 124 cm³/mol. The van der Waals surface area contributed by atoms with Crippen LogP contribution in [0.3, 0.4) is 0 Å². The van der Waals surface area contributed by atoms with Gasteiger partial charge in [-0.05, 0) is 61.5 Å². The number of halogens is 1. The summed E-state index contributed by atoms with van der Waals surface area (Å²) in [7, 11) is 0. The number of esters is 1. The number of benzene rings is 1. The third-order valence-corrected chi connectivity index (χ3v) is 6.76. The number of aliphatic hydroxyl groups is 2. The molecule has 1 saturated carbocycles. The Balaban J connectivity index is 1.46. The van der Waals surface area contributed by atoms with Crippen molar-refractivity contribution in [2.24, 2.45) is 17.8 Å². The molecule has 1 aromatic rings. The molecule has 1 fully saturated rings. The van der Waals surface area contributed by atoms with E-state index in [1.54, 1.807) is 12.2 Å². The van der Waals surface area contributed by atoms with E-state index in [1.165, 1.54) is 11.1 Å². The normalized spacial score (nSPS) is 26.8. The predicted octanol–water partition coefficient (Wildman–Crippen LogP) is 4.72. The molecule has 176 valence electrons. The number of aliphatic hydroxyl groups excluding tert-OH is 2. The number of unbranched alkanes of at least 4 members (excludes halogenated alkanes) is 1. The Bertz CT molecular complexity index is 765. The van der Waals surface area contributed by atoms with Gasteiger partial charge in [0.05, 0.1) is 18.8 Å². The minimum atomic E-state index is -1.10. The first-order valence-corrected chi connectivity index (χ1v) is 12.1. The van der Waals surface area contributed by atoms with E-state index in [0.717, 1.165) is 32.1 Å². The van der Waals surface area contributed by atoms with Crippen LogP contribution >= 0.6 is 0 Å². The van der Waals surface area contributed by atoms with Crippen molar-refractivity contribution in [3.05, 3.63) is 59.7 Å². The highest BCUT2D eigenvalue weighted by Gasteiger charge is 2.40. The van der Waals surface area contributed by atoms with Crippen molar-refractivity contribution in [2.75, 3.05) is 6.61 Å². The molecule has 0 heterocycles. The van der Waals surface area contributed by atoms with Gasteiger partial charge in [0, 0.05) is 18.8 Å². The minimum Gasteiger partial charge on any atom is -0.466 e. The van der Waals surface area contributed by atoms with E-state index in [-0.39, 0.29) is 24.2 Å². The topological polar surface area (TPSA) is 66.8 Å². The minimum absolute atomic E-state index is 0.121. The Labute approximate surface area is 191 Å². The number of allylic oxidation sites excluding steroid dienone is 3. The van der Waals surface area contributed by atoms with Crippen LogP contribution in [-0.4, -0.2) is 41.2 Å². The summed E-state index contributed by atoms with van der Waals surface area (Å²) in [4.78, 5) is 11.5. The zero-order valence-corrected chi connectivity index (χ0v) is 19.0. The molecule has 5 atom stereocenters. The molecule has 0 radical (unpaired) electrons. The van der Waals surface area contributed by atoms with Crippen molar-refractivity contribution < 1.29 is 24.1 Å². The van der Waals surface area contributed by atoms with Crippen LogP contribution in [-0.2, 0) is 22.4 Å². The third kappa shape index (κ3) is 6.76. The van der Waals surface area contributed by atoms with Gasteiger partial charge < -0.3 is 14.9 Å². The molecule has 2 aliphatic carbocycles. The molecule has 2 N–H and O–H groups in total. The molecule has 3 rings (SSSR count). The number of ether oxygens (including phenoxy) is 1. The SMILES string of the molecule is CCCOC(=O)CCCC=CC[C@@H]1[C@@H](C=C[C@H](O)C2Cc3ccccc3C2)[C@@H](F)C[C@@H]1O. The fourth-order valence-corrected chi connectivity index (χ4v) is 4.92. The average molecular weight is 445 g/mol. The highest BCUT2D eigenvalue weighted by atomic mass is 19.1. The van der Waals surface area contributed by atoms with Crippen LogP contribution in [0.4, 0.5) is 4.39 Å². The summed E-state index contributed by atoms with van der Waals surface area (Å²) in [5.74, 6) is -0.631. The lowest BCUT2D eigenvalue weighted by Crippen LogP contribution is -2.21. The lowest BCUT2D eigenvalue weighted by atomic mass is 9.89. The van der Waals surface area contributed by atoms with Crippen molar-refractivity contribution in [2.45, 2.75) is 76.7 Å². The largest absolute Gasteiger partial charge is 0.466 e. The Morgan fingerprint density at radius 1 is 1.25 bits per heavy atom. The maximum Gasteiger partial charge on any atom is 0.305 e. The van der Waals surface area contributed by atoms with Gasteiger partial charge in [-0.2, -0.15) is 0 Å². The lowest BCUT2D eigenvalue weighted by Gasteiger charge is -2.20. The van der Waals surface area contributed by atoms with Crippen LogP contribution in [0, 0.1) is 17.8 Å². The summed E-state index contributed by atoms with van der Waals surface area (Å²) < 4.78 is 19.6. The van der Waals surface area contributed by atoms with E-state index in [0.29, 0.717) is 19.4 Å². The number of rotatable bonds is 11. The number of carbonyl (C=O) groups is 1. The molecule has 2 aliphatic rings. The van der Waals surface area contributed by atoms with Crippen LogP contribution in [0.25, 0.3) is 0 Å². The van der Waals surface area contributed by atoms with E-state index in [9.17, 15) is 19.4 Å². The number of carbonyl (C=O) groups excluding carboxylic acids is 1. The maximum atomic E-state index is 14.6. The first-order chi connectivity index (χ1) is 15.5. The molecule has 0 bridgehead atoms. The number of hydrogen-bond donors (Lipinski definition) is 2. The van der Waals surface area contributed by atoms with Gasteiger partial charge in [0.2, 0.25) is 0 Å². The zero-order valence-electron chi connectivity index (χ0n) is 19.0. The van der Waals surface area contributed by atoms with Gasteiger partial charge in [0.25, 0.3) is 0 Å². The van der Waals surface area contributed by atoms with Gasteiger partial charge in [0.1, 0.15) is 6.17 Å². The molecular weight excluding hydrogens is 407 g/mol. The summed E-state index contributed by atoms with van der Waals surface area (Å²) in [6.45, 7) is 2.43. The second kappa shape index (κ2) is 12.3. The van der Waals surface area contributed by atoms with Gasteiger partial charge >= 0.3 is 5.97 Å². The van der Waals surface area contributed by atoms with Crippen molar-refractivity contribution in [3.8, 4) is 0 Å². The van der Waals surface area contributed by atoms with Crippen molar-refractivity contribution in [3.63, 3.8) is 0 Å².